The number of hydrogen-bond acceptors (Lipinski definition) is 4. The Kier molecular flexibility index (Phi) is 7.72. The fourth-order valence-corrected chi connectivity index (χ4v) is 7.08. The minimum Gasteiger partial charge on any atom is -0.361 e. The van der Waals surface area contributed by atoms with Crippen LogP contribution in [0.1, 0.15) is 40.8 Å². The summed E-state index contributed by atoms with van der Waals surface area (Å²) in [5, 5.41) is 5.67. The van der Waals surface area contributed by atoms with E-state index in [2.05, 4.69) is 70.8 Å². The summed E-state index contributed by atoms with van der Waals surface area (Å²) in [5.41, 5.74) is 8.20. The third kappa shape index (κ3) is 5.77. The van der Waals surface area contributed by atoms with Crippen molar-refractivity contribution in [2.45, 2.75) is 37.9 Å². The second kappa shape index (κ2) is 11.0. The molecule has 0 saturated carbocycles. The van der Waals surface area contributed by atoms with Gasteiger partial charge >= 0.3 is 0 Å². The van der Waals surface area contributed by atoms with E-state index in [-0.39, 0.29) is 5.75 Å². The van der Waals surface area contributed by atoms with E-state index in [0.717, 1.165) is 61.7 Å². The monoisotopic (exact) mass is 521 g/mol. The molecule has 1 fully saturated rings. The molecule has 2 aromatic carbocycles. The predicted molar refractivity (Wildman–Crippen MR) is 153 cm³/mol. The number of H-pyrrole nitrogens is 2. The maximum absolute atomic E-state index is 13.0. The minimum absolute atomic E-state index is 0.0656. The SMILES string of the molecule is CNCCc1c[nH]c2ccc(Cc3[nH]c4ccc(CS(=O)(=O)N5CCCC5)cc4c3CCN(C)C)cc12. The average molecular weight is 522 g/mol. The van der Waals surface area contributed by atoms with E-state index in [1.165, 1.54) is 33.3 Å². The number of sulfonamides is 1. The zero-order valence-electron chi connectivity index (χ0n) is 22.2. The van der Waals surface area contributed by atoms with E-state index < -0.39 is 10.0 Å². The molecule has 0 spiro atoms. The first kappa shape index (κ1) is 26.0. The van der Waals surface area contributed by atoms with E-state index >= 15 is 0 Å². The molecule has 198 valence electrons. The number of rotatable bonds is 11. The topological polar surface area (TPSA) is 84.2 Å². The largest absolute Gasteiger partial charge is 0.361 e. The number of nitrogens with zero attached hydrogens (tertiary/aromatic N) is 2. The van der Waals surface area contributed by atoms with Gasteiger partial charge in [0.05, 0.1) is 5.75 Å². The first-order valence-corrected chi connectivity index (χ1v) is 14.9. The van der Waals surface area contributed by atoms with Crippen LogP contribution in [0.3, 0.4) is 0 Å². The van der Waals surface area contributed by atoms with Crippen LogP contribution in [0.5, 0.6) is 0 Å². The minimum atomic E-state index is -3.28. The van der Waals surface area contributed by atoms with Gasteiger partial charge in [0, 0.05) is 59.8 Å². The van der Waals surface area contributed by atoms with Crippen LogP contribution in [0, 0.1) is 0 Å². The third-order valence-electron chi connectivity index (χ3n) is 7.53. The average Bonchev–Trinajstić information content (AvgIpc) is 3.60. The first-order chi connectivity index (χ1) is 17.8. The lowest BCUT2D eigenvalue weighted by atomic mass is 9.99. The number of hydrogen-bond donors (Lipinski definition) is 3. The Bertz CT molecular complexity index is 1480. The molecular formula is C29H39N5O2S. The number of benzene rings is 2. The van der Waals surface area contributed by atoms with E-state index in [9.17, 15) is 8.42 Å². The molecule has 0 unspecified atom stereocenters. The van der Waals surface area contributed by atoms with Gasteiger partial charge in [-0.25, -0.2) is 12.7 Å². The Hall–Kier alpha value is -2.65. The highest BCUT2D eigenvalue weighted by Gasteiger charge is 2.26. The Labute approximate surface area is 220 Å². The van der Waals surface area contributed by atoms with Crippen molar-refractivity contribution in [2.24, 2.45) is 0 Å². The van der Waals surface area contributed by atoms with E-state index in [1.54, 1.807) is 4.31 Å². The molecule has 1 aliphatic heterocycles. The van der Waals surface area contributed by atoms with Crippen molar-refractivity contribution in [2.75, 3.05) is 47.3 Å². The van der Waals surface area contributed by atoms with Crippen molar-refractivity contribution in [3.63, 3.8) is 0 Å². The zero-order valence-corrected chi connectivity index (χ0v) is 23.0. The molecule has 0 amide bonds. The highest BCUT2D eigenvalue weighted by Crippen LogP contribution is 2.29. The van der Waals surface area contributed by atoms with Crippen LogP contribution >= 0.6 is 0 Å². The fourth-order valence-electron chi connectivity index (χ4n) is 5.49. The van der Waals surface area contributed by atoms with Gasteiger partial charge in [0.1, 0.15) is 0 Å². The molecule has 3 N–H and O–H groups in total. The maximum Gasteiger partial charge on any atom is 0.218 e. The van der Waals surface area contributed by atoms with Gasteiger partial charge in [0.15, 0.2) is 0 Å². The lowest BCUT2D eigenvalue weighted by Crippen LogP contribution is -2.29. The molecule has 0 atom stereocenters. The summed E-state index contributed by atoms with van der Waals surface area (Å²) in [4.78, 5) is 9.28. The number of aromatic nitrogens is 2. The van der Waals surface area contributed by atoms with Crippen LogP contribution in [0.15, 0.2) is 42.6 Å². The second-order valence-corrected chi connectivity index (χ2v) is 12.6. The zero-order chi connectivity index (χ0) is 26.0. The van der Waals surface area contributed by atoms with E-state index in [0.29, 0.717) is 13.1 Å². The summed E-state index contributed by atoms with van der Waals surface area (Å²) in [7, 11) is 2.89. The number of likely N-dealkylation sites (N-methyl/N-ethyl adjacent to an activating group) is 2. The van der Waals surface area contributed by atoms with Crippen LogP contribution in [0.2, 0.25) is 0 Å². The third-order valence-corrected chi connectivity index (χ3v) is 9.38. The maximum atomic E-state index is 13.0. The fraction of sp³-hybridized carbons (Fsp3) is 0.448. The molecule has 7 nitrogen and oxygen atoms in total. The van der Waals surface area contributed by atoms with Crippen molar-refractivity contribution >= 4 is 31.8 Å². The summed E-state index contributed by atoms with van der Waals surface area (Å²) in [6, 6.07) is 12.8. The van der Waals surface area contributed by atoms with E-state index in [4.69, 9.17) is 0 Å². The van der Waals surface area contributed by atoms with Crippen molar-refractivity contribution in [1.29, 1.82) is 0 Å². The van der Waals surface area contributed by atoms with Crippen LogP contribution in [-0.4, -0.2) is 74.9 Å². The van der Waals surface area contributed by atoms with Crippen molar-refractivity contribution < 1.29 is 8.42 Å². The Balaban J connectivity index is 1.47. The second-order valence-electron chi connectivity index (χ2n) is 10.6. The highest BCUT2D eigenvalue weighted by molar-refractivity contribution is 7.88. The molecule has 1 saturated heterocycles. The van der Waals surface area contributed by atoms with Crippen molar-refractivity contribution in [1.82, 2.24) is 24.5 Å². The van der Waals surface area contributed by atoms with Gasteiger partial charge in [-0.05, 0) is 99.9 Å². The molecule has 37 heavy (non-hydrogen) atoms. The number of aromatic amines is 2. The summed E-state index contributed by atoms with van der Waals surface area (Å²) >= 11 is 0. The molecule has 2 aromatic heterocycles. The van der Waals surface area contributed by atoms with E-state index in [1.807, 2.05) is 13.1 Å². The Morgan fingerprint density at radius 1 is 0.973 bits per heavy atom. The summed E-state index contributed by atoms with van der Waals surface area (Å²) in [5.74, 6) is 0.0656. The van der Waals surface area contributed by atoms with Crippen LogP contribution in [0.25, 0.3) is 21.8 Å². The van der Waals surface area contributed by atoms with Gasteiger partial charge in [-0.1, -0.05) is 12.1 Å². The molecule has 4 aromatic rings. The van der Waals surface area contributed by atoms with Gasteiger partial charge in [-0.3, -0.25) is 0 Å². The normalized spacial score (nSPS) is 15.0. The molecule has 1 aliphatic rings. The van der Waals surface area contributed by atoms with Crippen LogP contribution in [-0.2, 0) is 35.0 Å². The highest BCUT2D eigenvalue weighted by atomic mass is 32.2. The molecule has 3 heterocycles. The lowest BCUT2D eigenvalue weighted by Gasteiger charge is -2.15. The van der Waals surface area contributed by atoms with Gasteiger partial charge in [-0.2, -0.15) is 0 Å². The summed E-state index contributed by atoms with van der Waals surface area (Å²) < 4.78 is 27.6. The summed E-state index contributed by atoms with van der Waals surface area (Å²) in [6.07, 6.45) is 6.74. The van der Waals surface area contributed by atoms with Crippen LogP contribution in [0.4, 0.5) is 0 Å². The molecule has 5 rings (SSSR count). The molecule has 0 radical (unpaired) electrons. The van der Waals surface area contributed by atoms with Crippen molar-refractivity contribution in [3.8, 4) is 0 Å². The smallest absolute Gasteiger partial charge is 0.218 e. The van der Waals surface area contributed by atoms with Gasteiger partial charge < -0.3 is 20.2 Å². The van der Waals surface area contributed by atoms with Crippen LogP contribution < -0.4 is 5.32 Å². The lowest BCUT2D eigenvalue weighted by molar-refractivity contribution is 0.414. The number of nitrogens with one attached hydrogen (secondary N) is 3. The molecular weight excluding hydrogens is 482 g/mol. The number of fused-ring (bicyclic) bond motifs is 2. The predicted octanol–water partition coefficient (Wildman–Crippen LogP) is 4.03. The first-order valence-electron chi connectivity index (χ1n) is 13.3. The molecule has 0 aliphatic carbocycles. The standard InChI is InChI=1S/C29H39N5O2S/c1-30-12-10-23-19-31-27-8-6-21(16-25(23)27)18-29-24(11-15-33(2)3)26-17-22(7-9-28(26)32-29)20-37(35,36)34-13-4-5-14-34/h6-9,16-17,19,30-32H,4-5,10-15,18,20H2,1-3H3. The van der Waals surface area contributed by atoms with Gasteiger partial charge in [0.25, 0.3) is 0 Å². The van der Waals surface area contributed by atoms with Gasteiger partial charge in [0.2, 0.25) is 10.0 Å². The van der Waals surface area contributed by atoms with Gasteiger partial charge in [-0.15, -0.1) is 0 Å². The quantitative estimate of drug-likeness (QED) is 0.278. The van der Waals surface area contributed by atoms with Crippen molar-refractivity contribution in [3.05, 3.63) is 70.5 Å². The summed E-state index contributed by atoms with van der Waals surface area (Å²) in [6.45, 7) is 3.18. The Morgan fingerprint density at radius 3 is 2.46 bits per heavy atom. The Morgan fingerprint density at radius 2 is 1.70 bits per heavy atom. The molecule has 8 heteroatoms. The molecule has 0 bridgehead atoms.